The quantitative estimate of drug-likeness (QED) is 0.451. The summed E-state index contributed by atoms with van der Waals surface area (Å²) >= 11 is 0. The molecule has 0 unspecified atom stereocenters. The van der Waals surface area contributed by atoms with E-state index in [0.29, 0.717) is 6.67 Å². The van der Waals surface area contributed by atoms with Gasteiger partial charge in [-0.05, 0) is 13.8 Å². The van der Waals surface area contributed by atoms with E-state index in [1.807, 2.05) is 7.05 Å². The van der Waals surface area contributed by atoms with Crippen LogP contribution in [0.2, 0.25) is 0 Å². The summed E-state index contributed by atoms with van der Waals surface area (Å²) in [5.74, 6) is 0. The SMILES string of the molecule is C=NCNC. The van der Waals surface area contributed by atoms with Crippen molar-refractivity contribution in [3.8, 4) is 0 Å². The highest BCUT2D eigenvalue weighted by molar-refractivity contribution is 5.22. The molecule has 0 aliphatic carbocycles. The lowest BCUT2D eigenvalue weighted by Gasteiger charge is -1.80. The molecule has 0 aliphatic rings. The second-order valence-corrected chi connectivity index (χ2v) is 0.735. The van der Waals surface area contributed by atoms with Crippen LogP contribution in [0.25, 0.3) is 0 Å². The number of nitrogens with one attached hydrogen (secondary N) is 1. The minimum absolute atomic E-state index is 0.653. The van der Waals surface area contributed by atoms with Crippen LogP contribution >= 0.6 is 0 Å². The van der Waals surface area contributed by atoms with Crippen LogP contribution in [0.4, 0.5) is 0 Å². The van der Waals surface area contributed by atoms with Gasteiger partial charge >= 0.3 is 0 Å². The van der Waals surface area contributed by atoms with Gasteiger partial charge in [0.25, 0.3) is 0 Å². The Kier molecular flexibility index (Phi) is 3.36. The zero-order valence-electron chi connectivity index (χ0n) is 3.36. The van der Waals surface area contributed by atoms with Crippen molar-refractivity contribution < 1.29 is 0 Å². The summed E-state index contributed by atoms with van der Waals surface area (Å²) in [5.41, 5.74) is 0. The monoisotopic (exact) mass is 72.1 g/mol. The Hall–Kier alpha value is -0.370. The lowest BCUT2D eigenvalue weighted by atomic mass is 11.1. The van der Waals surface area contributed by atoms with Gasteiger partial charge in [-0.1, -0.05) is 0 Å². The van der Waals surface area contributed by atoms with E-state index in [1.165, 1.54) is 0 Å². The highest BCUT2D eigenvalue weighted by Gasteiger charge is 1.56. The predicted molar refractivity (Wildman–Crippen MR) is 23.5 cm³/mol. The van der Waals surface area contributed by atoms with Crippen molar-refractivity contribution in [1.29, 1.82) is 0 Å². The molecular weight excluding hydrogens is 64.0 g/mol. The Morgan fingerprint density at radius 2 is 2.60 bits per heavy atom. The summed E-state index contributed by atoms with van der Waals surface area (Å²) in [6.07, 6.45) is 0. The van der Waals surface area contributed by atoms with Gasteiger partial charge in [0.1, 0.15) is 0 Å². The standard InChI is InChI=1S/C3H8N2/c1-4-3-5-2/h5H,1,3H2,2H3. The van der Waals surface area contributed by atoms with Crippen molar-refractivity contribution in [2.24, 2.45) is 4.99 Å². The number of aliphatic imine (C=N–C) groups is 1. The Balaban J connectivity index is 2.40. The van der Waals surface area contributed by atoms with Crippen LogP contribution in [0.3, 0.4) is 0 Å². The van der Waals surface area contributed by atoms with Crippen molar-refractivity contribution in [3.63, 3.8) is 0 Å². The topological polar surface area (TPSA) is 24.4 Å². The molecule has 0 aromatic carbocycles. The summed E-state index contributed by atoms with van der Waals surface area (Å²) < 4.78 is 0. The van der Waals surface area contributed by atoms with E-state index in [0.717, 1.165) is 0 Å². The number of nitrogens with zero attached hydrogens (tertiary/aromatic N) is 1. The molecule has 0 atom stereocenters. The maximum atomic E-state index is 3.49. The summed E-state index contributed by atoms with van der Waals surface area (Å²) in [5, 5.41) is 2.79. The second kappa shape index (κ2) is 3.63. The summed E-state index contributed by atoms with van der Waals surface area (Å²) in [4.78, 5) is 3.49. The molecule has 5 heavy (non-hydrogen) atoms. The van der Waals surface area contributed by atoms with Gasteiger partial charge in [0, 0.05) is 0 Å². The third kappa shape index (κ3) is 3.63. The molecule has 0 aliphatic heterocycles. The normalized spacial score (nSPS) is 7.40. The third-order valence-electron chi connectivity index (χ3n) is 0.270. The fourth-order valence-electron chi connectivity index (χ4n) is 0.112. The highest BCUT2D eigenvalue weighted by Crippen LogP contribution is 1.46. The van der Waals surface area contributed by atoms with Gasteiger partial charge in [-0.3, -0.25) is 4.99 Å². The lowest BCUT2D eigenvalue weighted by molar-refractivity contribution is 0.840. The first-order chi connectivity index (χ1) is 2.41. The van der Waals surface area contributed by atoms with E-state index >= 15 is 0 Å². The number of hydrogen-bond acceptors (Lipinski definition) is 2. The molecule has 0 heterocycles. The molecule has 0 saturated carbocycles. The highest BCUT2D eigenvalue weighted by atomic mass is 15.0. The van der Waals surface area contributed by atoms with Gasteiger partial charge in [0.05, 0.1) is 6.67 Å². The summed E-state index contributed by atoms with van der Waals surface area (Å²) in [6, 6.07) is 0. The van der Waals surface area contributed by atoms with E-state index in [1.54, 1.807) is 0 Å². The fourth-order valence-corrected chi connectivity index (χ4v) is 0.112. The Morgan fingerprint density at radius 3 is 2.60 bits per heavy atom. The molecule has 0 aromatic rings. The van der Waals surface area contributed by atoms with E-state index in [-0.39, 0.29) is 0 Å². The van der Waals surface area contributed by atoms with Crippen LogP contribution in [0, 0.1) is 0 Å². The Labute approximate surface area is 31.9 Å². The van der Waals surface area contributed by atoms with Crippen molar-refractivity contribution in [2.75, 3.05) is 13.7 Å². The third-order valence-corrected chi connectivity index (χ3v) is 0.270. The lowest BCUT2D eigenvalue weighted by Crippen LogP contribution is -2.03. The molecule has 0 bridgehead atoms. The molecular formula is C3H8N2. The molecule has 0 radical (unpaired) electrons. The van der Waals surface area contributed by atoms with Gasteiger partial charge in [-0.25, -0.2) is 0 Å². The van der Waals surface area contributed by atoms with Gasteiger partial charge < -0.3 is 5.32 Å². The maximum absolute atomic E-state index is 3.49. The summed E-state index contributed by atoms with van der Waals surface area (Å²) in [7, 11) is 1.83. The largest absolute Gasteiger partial charge is 0.301 e. The molecule has 2 heteroatoms. The van der Waals surface area contributed by atoms with Gasteiger partial charge in [-0.15, -0.1) is 0 Å². The molecule has 0 saturated heterocycles. The van der Waals surface area contributed by atoms with Crippen LogP contribution in [0.5, 0.6) is 0 Å². The van der Waals surface area contributed by atoms with Crippen LogP contribution < -0.4 is 5.32 Å². The van der Waals surface area contributed by atoms with Gasteiger partial charge in [0.2, 0.25) is 0 Å². The van der Waals surface area contributed by atoms with Crippen molar-refractivity contribution in [3.05, 3.63) is 0 Å². The van der Waals surface area contributed by atoms with Gasteiger partial charge in [0.15, 0.2) is 0 Å². The first-order valence-electron chi connectivity index (χ1n) is 1.49. The van der Waals surface area contributed by atoms with E-state index in [2.05, 4.69) is 17.0 Å². The molecule has 1 N–H and O–H groups in total. The van der Waals surface area contributed by atoms with Crippen molar-refractivity contribution >= 4 is 6.72 Å². The van der Waals surface area contributed by atoms with E-state index in [9.17, 15) is 0 Å². The van der Waals surface area contributed by atoms with Crippen molar-refractivity contribution in [1.82, 2.24) is 5.32 Å². The number of rotatable bonds is 2. The van der Waals surface area contributed by atoms with Crippen LogP contribution in [-0.2, 0) is 0 Å². The predicted octanol–water partition coefficient (Wildman–Crippen LogP) is -0.136. The second-order valence-electron chi connectivity index (χ2n) is 0.735. The molecule has 0 spiro atoms. The molecule has 0 aromatic heterocycles. The first-order valence-corrected chi connectivity index (χ1v) is 1.49. The van der Waals surface area contributed by atoms with Crippen LogP contribution in [0.1, 0.15) is 0 Å². The summed E-state index contributed by atoms with van der Waals surface area (Å²) in [6.45, 7) is 3.89. The molecule has 2 nitrogen and oxygen atoms in total. The van der Waals surface area contributed by atoms with E-state index in [4.69, 9.17) is 0 Å². The number of hydrogen-bond donors (Lipinski definition) is 1. The van der Waals surface area contributed by atoms with Crippen molar-refractivity contribution in [2.45, 2.75) is 0 Å². The van der Waals surface area contributed by atoms with Crippen LogP contribution in [-0.4, -0.2) is 20.4 Å². The molecule has 30 valence electrons. The molecule has 0 rings (SSSR count). The Bertz CT molecular complexity index is 26.1. The average Bonchev–Trinajstić information content (AvgIpc) is 1.41. The minimum Gasteiger partial charge on any atom is -0.301 e. The minimum atomic E-state index is 0.653. The molecule has 0 amide bonds. The zero-order chi connectivity index (χ0) is 4.12. The molecule has 0 fully saturated rings. The van der Waals surface area contributed by atoms with E-state index < -0.39 is 0 Å². The smallest absolute Gasteiger partial charge is 0.0874 e. The first kappa shape index (κ1) is 4.63. The van der Waals surface area contributed by atoms with Gasteiger partial charge in [-0.2, -0.15) is 0 Å². The Morgan fingerprint density at radius 1 is 2.00 bits per heavy atom. The van der Waals surface area contributed by atoms with Crippen LogP contribution in [0.15, 0.2) is 4.99 Å². The maximum Gasteiger partial charge on any atom is 0.0874 e. The fraction of sp³-hybridized carbons (Fsp3) is 0.667. The zero-order valence-corrected chi connectivity index (χ0v) is 3.36. The average molecular weight is 72.1 g/mol.